The summed E-state index contributed by atoms with van der Waals surface area (Å²) in [5.41, 5.74) is 1.01. The number of hydrogen-bond acceptors (Lipinski definition) is 7. The van der Waals surface area contributed by atoms with Crippen molar-refractivity contribution in [2.24, 2.45) is 11.8 Å². The van der Waals surface area contributed by atoms with Crippen LogP contribution in [0.15, 0.2) is 18.2 Å². The summed E-state index contributed by atoms with van der Waals surface area (Å²) in [6.45, 7) is 8.46. The van der Waals surface area contributed by atoms with Crippen molar-refractivity contribution in [1.82, 2.24) is 30.1 Å². The third kappa shape index (κ3) is 8.21. The highest BCUT2D eigenvalue weighted by Gasteiger charge is 2.37. The molecule has 1 aromatic heterocycles. The van der Waals surface area contributed by atoms with E-state index in [1.165, 1.54) is 10.7 Å². The van der Waals surface area contributed by atoms with Crippen molar-refractivity contribution in [3.05, 3.63) is 41.2 Å². The first-order valence-corrected chi connectivity index (χ1v) is 14.1. The number of aromatic nitrogens is 3. The van der Waals surface area contributed by atoms with Crippen LogP contribution in [-0.4, -0.2) is 102 Å². The molecule has 0 unspecified atom stereocenters. The van der Waals surface area contributed by atoms with Crippen LogP contribution in [0.25, 0.3) is 5.69 Å². The number of rotatable bonds is 11. The predicted molar refractivity (Wildman–Crippen MR) is 151 cm³/mol. The monoisotopic (exact) mass is 598 g/mol. The number of amides is 2. The number of halogens is 3. The van der Waals surface area contributed by atoms with Crippen LogP contribution in [0, 0.1) is 23.5 Å². The summed E-state index contributed by atoms with van der Waals surface area (Å²) in [6.07, 6.45) is 2.44. The molecule has 2 amide bonds. The molecular formula is C28H41ClF2N6O4. The van der Waals surface area contributed by atoms with Crippen LogP contribution in [-0.2, 0) is 20.7 Å². The summed E-state index contributed by atoms with van der Waals surface area (Å²) < 4.78 is 39.7. The molecule has 2 aliphatic rings. The van der Waals surface area contributed by atoms with Crippen LogP contribution in [0.1, 0.15) is 49.3 Å². The van der Waals surface area contributed by atoms with Gasteiger partial charge in [-0.3, -0.25) is 9.59 Å². The van der Waals surface area contributed by atoms with E-state index in [1.54, 1.807) is 12.0 Å². The highest BCUT2D eigenvalue weighted by Crippen LogP contribution is 2.24. The molecule has 0 spiro atoms. The van der Waals surface area contributed by atoms with E-state index in [0.29, 0.717) is 77.5 Å². The maximum Gasteiger partial charge on any atom is 0.276 e. The molecule has 4 rings (SSSR count). The Morgan fingerprint density at radius 1 is 1.17 bits per heavy atom. The minimum Gasteiger partial charge on any atom is -0.385 e. The van der Waals surface area contributed by atoms with E-state index < -0.39 is 11.6 Å². The zero-order valence-corrected chi connectivity index (χ0v) is 24.8. The average molecular weight is 599 g/mol. The Kier molecular flexibility index (Phi) is 12.4. The van der Waals surface area contributed by atoms with Gasteiger partial charge in [0.25, 0.3) is 5.91 Å². The Balaban J connectivity index is 0.00000462. The van der Waals surface area contributed by atoms with Crippen molar-refractivity contribution in [2.75, 3.05) is 59.7 Å². The predicted octanol–water partition coefficient (Wildman–Crippen LogP) is 2.87. The maximum absolute atomic E-state index is 14.1. The molecule has 2 saturated heterocycles. The first-order valence-electron chi connectivity index (χ1n) is 14.1. The maximum atomic E-state index is 14.1. The van der Waals surface area contributed by atoms with Gasteiger partial charge in [0, 0.05) is 58.5 Å². The normalized spacial score (nSPS) is 19.2. The van der Waals surface area contributed by atoms with Gasteiger partial charge in [-0.15, -0.1) is 17.5 Å². The summed E-state index contributed by atoms with van der Waals surface area (Å²) in [5.74, 6) is -2.24. The zero-order valence-electron chi connectivity index (χ0n) is 24.0. The van der Waals surface area contributed by atoms with Gasteiger partial charge >= 0.3 is 0 Å². The van der Waals surface area contributed by atoms with Crippen LogP contribution in [0.4, 0.5) is 8.78 Å². The molecule has 2 aromatic rings. The second kappa shape index (κ2) is 15.5. The molecule has 0 saturated carbocycles. The van der Waals surface area contributed by atoms with Gasteiger partial charge in [0.15, 0.2) is 17.3 Å². The van der Waals surface area contributed by atoms with Crippen molar-refractivity contribution in [3.8, 4) is 5.69 Å². The fourth-order valence-electron chi connectivity index (χ4n) is 5.37. The second-order valence-corrected chi connectivity index (χ2v) is 10.9. The van der Waals surface area contributed by atoms with Crippen molar-refractivity contribution in [3.63, 3.8) is 0 Å². The van der Waals surface area contributed by atoms with E-state index in [2.05, 4.69) is 15.6 Å². The summed E-state index contributed by atoms with van der Waals surface area (Å²) in [7, 11) is 1.63. The lowest BCUT2D eigenvalue weighted by molar-refractivity contribution is -0.140. The van der Waals surface area contributed by atoms with Crippen molar-refractivity contribution < 1.29 is 27.8 Å². The third-order valence-corrected chi connectivity index (χ3v) is 7.39. The van der Waals surface area contributed by atoms with Gasteiger partial charge in [-0.05, 0) is 43.7 Å². The molecule has 2 fully saturated rings. The van der Waals surface area contributed by atoms with Gasteiger partial charge in [0.2, 0.25) is 5.91 Å². The Labute approximate surface area is 246 Å². The van der Waals surface area contributed by atoms with Crippen molar-refractivity contribution in [2.45, 2.75) is 45.6 Å². The first-order chi connectivity index (χ1) is 19.3. The number of nitrogens with one attached hydrogen (secondary N) is 1. The summed E-state index contributed by atoms with van der Waals surface area (Å²) in [5, 5.41) is 11.8. The lowest BCUT2D eigenvalue weighted by atomic mass is 9.92. The average Bonchev–Trinajstić information content (AvgIpc) is 3.39. The Morgan fingerprint density at radius 2 is 1.93 bits per heavy atom. The van der Waals surface area contributed by atoms with Crippen molar-refractivity contribution >= 4 is 24.2 Å². The summed E-state index contributed by atoms with van der Waals surface area (Å²) in [4.78, 5) is 31.0. The second-order valence-electron chi connectivity index (χ2n) is 10.9. The Bertz CT molecular complexity index is 1160. The molecular weight excluding hydrogens is 558 g/mol. The number of benzene rings is 1. The number of piperidine rings is 1. The van der Waals surface area contributed by atoms with E-state index in [9.17, 15) is 18.4 Å². The highest BCUT2D eigenvalue weighted by molar-refractivity contribution is 5.94. The van der Waals surface area contributed by atoms with Crippen LogP contribution in [0.5, 0.6) is 0 Å². The third-order valence-electron chi connectivity index (χ3n) is 7.39. The number of morpholine rings is 1. The molecule has 0 aliphatic carbocycles. The van der Waals surface area contributed by atoms with Crippen LogP contribution < -0.4 is 5.32 Å². The number of nitrogens with zero attached hydrogens (tertiary/aromatic N) is 5. The number of methoxy groups -OCH3 is 1. The molecule has 2 aliphatic heterocycles. The minimum absolute atomic E-state index is 0. The molecule has 0 bridgehead atoms. The van der Waals surface area contributed by atoms with Gasteiger partial charge in [-0.2, -0.15) is 0 Å². The lowest BCUT2D eigenvalue weighted by Crippen LogP contribution is -2.56. The first kappa shape index (κ1) is 32.8. The topological polar surface area (TPSA) is 102 Å². The SMILES string of the molecule is COCCCCc1c(C(=O)N(CC(C)C)[C@@H]2CNC[C@H](C(=O)N3CCOCC3)C2)nnn1-c1ccc(F)c(F)c1.Cl. The quantitative estimate of drug-likeness (QED) is 0.397. The van der Waals surface area contributed by atoms with E-state index in [4.69, 9.17) is 9.47 Å². The number of unbranched alkanes of at least 4 members (excludes halogenated alkanes) is 1. The standard InChI is InChI=1S/C28H40F2N6O4.ClH/c1-19(2)18-35(22-14-20(16-31-17-22)27(37)34-9-12-40-13-10-34)28(38)26-25(6-4-5-11-39-3)36(33-32-26)21-7-8-23(29)24(30)15-21;/h7-8,15,19-20,22,31H,4-6,9-14,16-18H2,1-3H3;1H/t20-,22+;/m1./s1. The van der Waals surface area contributed by atoms with Gasteiger partial charge in [0.1, 0.15) is 0 Å². The molecule has 1 N–H and O–H groups in total. The number of hydrogen-bond donors (Lipinski definition) is 1. The van der Waals surface area contributed by atoms with Crippen LogP contribution in [0.2, 0.25) is 0 Å². The molecule has 1 aromatic carbocycles. The number of ether oxygens (including phenoxy) is 2. The summed E-state index contributed by atoms with van der Waals surface area (Å²) >= 11 is 0. The Hall–Kier alpha value is -2.67. The molecule has 3 heterocycles. The van der Waals surface area contributed by atoms with Gasteiger partial charge in [-0.1, -0.05) is 19.1 Å². The number of carbonyl (C=O) groups is 2. The largest absolute Gasteiger partial charge is 0.385 e. The fraction of sp³-hybridized carbons (Fsp3) is 0.643. The minimum atomic E-state index is -1.00. The van der Waals surface area contributed by atoms with Crippen molar-refractivity contribution in [1.29, 1.82) is 0 Å². The molecule has 13 heteroatoms. The smallest absolute Gasteiger partial charge is 0.276 e. The highest BCUT2D eigenvalue weighted by atomic mass is 35.5. The van der Waals surface area contributed by atoms with E-state index in [1.807, 2.05) is 18.7 Å². The molecule has 0 radical (unpaired) electrons. The van der Waals surface area contributed by atoms with Gasteiger partial charge in [0.05, 0.1) is 30.5 Å². The number of carbonyl (C=O) groups excluding carboxylic acids is 2. The van der Waals surface area contributed by atoms with Gasteiger partial charge in [-0.25, -0.2) is 13.5 Å². The lowest BCUT2D eigenvalue weighted by Gasteiger charge is -2.40. The molecule has 2 atom stereocenters. The summed E-state index contributed by atoms with van der Waals surface area (Å²) in [6, 6.07) is 3.29. The van der Waals surface area contributed by atoms with Crippen LogP contribution in [0.3, 0.4) is 0 Å². The molecule has 41 heavy (non-hydrogen) atoms. The van der Waals surface area contributed by atoms with Gasteiger partial charge < -0.3 is 24.6 Å². The van der Waals surface area contributed by atoms with Crippen LogP contribution >= 0.6 is 12.4 Å². The molecule has 10 nitrogen and oxygen atoms in total. The molecule has 228 valence electrons. The van der Waals surface area contributed by atoms with E-state index >= 15 is 0 Å². The van der Waals surface area contributed by atoms with E-state index in [0.717, 1.165) is 18.6 Å². The fourth-order valence-corrected chi connectivity index (χ4v) is 5.37. The Morgan fingerprint density at radius 3 is 2.61 bits per heavy atom. The van der Waals surface area contributed by atoms with E-state index in [-0.39, 0.29) is 53.5 Å². The zero-order chi connectivity index (χ0) is 28.6.